The van der Waals surface area contributed by atoms with E-state index in [1.165, 1.54) is 22.4 Å². The normalized spacial score (nSPS) is 12.3. The number of thioether (sulfide) groups is 1. The van der Waals surface area contributed by atoms with Crippen LogP contribution in [0.3, 0.4) is 0 Å². The van der Waals surface area contributed by atoms with Crippen LogP contribution in [-0.2, 0) is 5.75 Å². The van der Waals surface area contributed by atoms with Gasteiger partial charge in [-0.05, 0) is 43.1 Å². The molecule has 0 saturated heterocycles. The minimum atomic E-state index is 0.423. The predicted molar refractivity (Wildman–Crippen MR) is 89.2 cm³/mol. The van der Waals surface area contributed by atoms with Gasteiger partial charge < -0.3 is 5.32 Å². The van der Waals surface area contributed by atoms with E-state index >= 15 is 0 Å². The standard InChI is InChI=1S/C18H23NS/c1-3-12-19-15(2)17-10-7-11-18(13-17)20-14-16-8-5-4-6-9-16/h4-11,13,15,19H,3,12,14H2,1-2H3. The summed E-state index contributed by atoms with van der Waals surface area (Å²) >= 11 is 1.90. The van der Waals surface area contributed by atoms with Crippen LogP contribution in [-0.4, -0.2) is 6.54 Å². The molecule has 1 unspecified atom stereocenters. The zero-order valence-corrected chi connectivity index (χ0v) is 13.1. The third kappa shape index (κ3) is 4.69. The highest BCUT2D eigenvalue weighted by atomic mass is 32.2. The molecular formula is C18H23NS. The molecule has 2 aromatic rings. The molecule has 0 radical (unpaired) electrons. The Morgan fingerprint density at radius 2 is 1.85 bits per heavy atom. The fourth-order valence-corrected chi connectivity index (χ4v) is 3.01. The summed E-state index contributed by atoms with van der Waals surface area (Å²) < 4.78 is 0. The van der Waals surface area contributed by atoms with E-state index in [1.807, 2.05) is 11.8 Å². The van der Waals surface area contributed by atoms with Crippen molar-refractivity contribution in [3.05, 3.63) is 65.7 Å². The summed E-state index contributed by atoms with van der Waals surface area (Å²) in [6, 6.07) is 19.9. The molecule has 1 atom stereocenters. The molecule has 1 nitrogen and oxygen atoms in total. The summed E-state index contributed by atoms with van der Waals surface area (Å²) in [5.41, 5.74) is 2.75. The first kappa shape index (κ1) is 15.1. The number of hydrogen-bond acceptors (Lipinski definition) is 2. The van der Waals surface area contributed by atoms with Crippen LogP contribution in [0, 0.1) is 0 Å². The second-order valence-corrected chi connectivity index (χ2v) is 6.07. The van der Waals surface area contributed by atoms with Crippen molar-refractivity contribution in [1.29, 1.82) is 0 Å². The zero-order chi connectivity index (χ0) is 14.2. The van der Waals surface area contributed by atoms with Crippen LogP contribution in [0.5, 0.6) is 0 Å². The Morgan fingerprint density at radius 1 is 1.05 bits per heavy atom. The van der Waals surface area contributed by atoms with Crippen molar-refractivity contribution < 1.29 is 0 Å². The van der Waals surface area contributed by atoms with E-state index in [9.17, 15) is 0 Å². The molecule has 2 rings (SSSR count). The van der Waals surface area contributed by atoms with E-state index in [1.54, 1.807) is 0 Å². The third-order valence-electron chi connectivity index (χ3n) is 3.31. The van der Waals surface area contributed by atoms with Crippen molar-refractivity contribution in [2.24, 2.45) is 0 Å². The van der Waals surface area contributed by atoms with Gasteiger partial charge in [0, 0.05) is 16.7 Å². The van der Waals surface area contributed by atoms with Gasteiger partial charge in [-0.1, -0.05) is 49.4 Å². The van der Waals surface area contributed by atoms with Gasteiger partial charge in [-0.15, -0.1) is 11.8 Å². The average molecular weight is 285 g/mol. The fraction of sp³-hybridized carbons (Fsp3) is 0.333. The Labute approximate surface area is 126 Å². The Bertz CT molecular complexity index is 510. The topological polar surface area (TPSA) is 12.0 Å². The van der Waals surface area contributed by atoms with E-state index < -0.39 is 0 Å². The second kappa shape index (κ2) is 8.13. The highest BCUT2D eigenvalue weighted by Gasteiger charge is 2.05. The summed E-state index contributed by atoms with van der Waals surface area (Å²) in [6.45, 7) is 5.51. The molecule has 0 bridgehead atoms. The van der Waals surface area contributed by atoms with Crippen molar-refractivity contribution in [2.45, 2.75) is 37.0 Å². The molecule has 0 spiro atoms. The van der Waals surface area contributed by atoms with E-state index in [0.29, 0.717) is 6.04 Å². The maximum absolute atomic E-state index is 3.54. The predicted octanol–water partition coefficient (Wildman–Crippen LogP) is 5.04. The summed E-state index contributed by atoms with van der Waals surface area (Å²) in [4.78, 5) is 1.34. The number of hydrogen-bond donors (Lipinski definition) is 1. The van der Waals surface area contributed by atoms with Gasteiger partial charge in [-0.25, -0.2) is 0 Å². The lowest BCUT2D eigenvalue weighted by Crippen LogP contribution is -2.19. The minimum absolute atomic E-state index is 0.423. The fourth-order valence-electron chi connectivity index (χ4n) is 2.09. The molecule has 1 N–H and O–H groups in total. The van der Waals surface area contributed by atoms with E-state index in [0.717, 1.165) is 12.3 Å². The molecule has 0 heterocycles. The average Bonchev–Trinajstić information content (AvgIpc) is 2.52. The van der Waals surface area contributed by atoms with Gasteiger partial charge in [0.25, 0.3) is 0 Å². The summed E-state index contributed by atoms with van der Waals surface area (Å²) in [5, 5.41) is 3.54. The molecule has 0 fully saturated rings. The van der Waals surface area contributed by atoms with Crippen molar-refractivity contribution in [2.75, 3.05) is 6.54 Å². The lowest BCUT2D eigenvalue weighted by Gasteiger charge is -2.14. The highest BCUT2D eigenvalue weighted by Crippen LogP contribution is 2.25. The third-order valence-corrected chi connectivity index (χ3v) is 4.37. The first-order valence-electron chi connectivity index (χ1n) is 7.29. The molecule has 0 amide bonds. The van der Waals surface area contributed by atoms with Gasteiger partial charge in [0.15, 0.2) is 0 Å². The Hall–Kier alpha value is -1.25. The number of benzene rings is 2. The van der Waals surface area contributed by atoms with Gasteiger partial charge in [-0.2, -0.15) is 0 Å². The second-order valence-electron chi connectivity index (χ2n) is 5.02. The molecule has 106 valence electrons. The van der Waals surface area contributed by atoms with E-state index in [2.05, 4.69) is 73.8 Å². The Balaban J connectivity index is 1.95. The monoisotopic (exact) mass is 285 g/mol. The van der Waals surface area contributed by atoms with Crippen molar-refractivity contribution in [3.63, 3.8) is 0 Å². The molecule has 2 aromatic carbocycles. The van der Waals surface area contributed by atoms with E-state index in [4.69, 9.17) is 0 Å². The SMILES string of the molecule is CCCNC(C)c1cccc(SCc2ccccc2)c1. The first-order chi connectivity index (χ1) is 9.79. The summed E-state index contributed by atoms with van der Waals surface area (Å²) in [7, 11) is 0. The molecule has 2 heteroatoms. The van der Waals surface area contributed by atoms with Crippen LogP contribution in [0.25, 0.3) is 0 Å². The lowest BCUT2D eigenvalue weighted by atomic mass is 10.1. The molecule has 0 aliphatic carbocycles. The molecule has 0 aliphatic rings. The maximum Gasteiger partial charge on any atom is 0.0292 e. The van der Waals surface area contributed by atoms with Crippen LogP contribution in [0.15, 0.2) is 59.5 Å². The number of nitrogens with one attached hydrogen (secondary N) is 1. The van der Waals surface area contributed by atoms with Gasteiger partial charge >= 0.3 is 0 Å². The number of rotatable bonds is 7. The molecule has 0 saturated carbocycles. The Morgan fingerprint density at radius 3 is 2.60 bits per heavy atom. The van der Waals surface area contributed by atoms with Crippen LogP contribution in [0.4, 0.5) is 0 Å². The summed E-state index contributed by atoms with van der Waals surface area (Å²) in [5.74, 6) is 1.03. The Kier molecular flexibility index (Phi) is 6.16. The lowest BCUT2D eigenvalue weighted by molar-refractivity contribution is 0.570. The van der Waals surface area contributed by atoms with Crippen LogP contribution in [0.2, 0.25) is 0 Å². The van der Waals surface area contributed by atoms with Crippen LogP contribution >= 0.6 is 11.8 Å². The van der Waals surface area contributed by atoms with Gasteiger partial charge in [0.05, 0.1) is 0 Å². The van der Waals surface area contributed by atoms with E-state index in [-0.39, 0.29) is 0 Å². The molecular weight excluding hydrogens is 262 g/mol. The molecule has 0 aromatic heterocycles. The van der Waals surface area contributed by atoms with Crippen molar-refractivity contribution in [3.8, 4) is 0 Å². The highest BCUT2D eigenvalue weighted by molar-refractivity contribution is 7.98. The smallest absolute Gasteiger partial charge is 0.0292 e. The van der Waals surface area contributed by atoms with Crippen molar-refractivity contribution >= 4 is 11.8 Å². The van der Waals surface area contributed by atoms with Gasteiger partial charge in [0.2, 0.25) is 0 Å². The largest absolute Gasteiger partial charge is 0.310 e. The van der Waals surface area contributed by atoms with Crippen LogP contribution < -0.4 is 5.32 Å². The summed E-state index contributed by atoms with van der Waals surface area (Å²) in [6.07, 6.45) is 1.17. The quantitative estimate of drug-likeness (QED) is 0.715. The van der Waals surface area contributed by atoms with Gasteiger partial charge in [0.1, 0.15) is 0 Å². The van der Waals surface area contributed by atoms with Crippen molar-refractivity contribution in [1.82, 2.24) is 5.32 Å². The van der Waals surface area contributed by atoms with Crippen LogP contribution in [0.1, 0.15) is 37.4 Å². The molecule has 20 heavy (non-hydrogen) atoms. The minimum Gasteiger partial charge on any atom is -0.310 e. The zero-order valence-electron chi connectivity index (χ0n) is 12.3. The maximum atomic E-state index is 3.54. The molecule has 0 aliphatic heterocycles. The first-order valence-corrected chi connectivity index (χ1v) is 8.28. The van der Waals surface area contributed by atoms with Gasteiger partial charge in [-0.3, -0.25) is 0 Å².